The molecule has 2 heterocycles. The van der Waals surface area contributed by atoms with E-state index >= 15 is 0 Å². The first kappa shape index (κ1) is 39.1. The largest absolute Gasteiger partial charge is 0.496 e. The molecule has 0 aromatic heterocycles. The highest BCUT2D eigenvalue weighted by Gasteiger charge is 2.55. The number of likely N-dealkylation sites (tertiary alicyclic amines) is 1. The van der Waals surface area contributed by atoms with Crippen LogP contribution < -0.4 is 14.8 Å². The lowest BCUT2D eigenvalue weighted by Crippen LogP contribution is -2.57. The number of amides is 2. The quantitative estimate of drug-likeness (QED) is 0.226. The monoisotopic (exact) mass is 717 g/mol. The van der Waals surface area contributed by atoms with Gasteiger partial charge in [-0.25, -0.2) is 4.79 Å². The summed E-state index contributed by atoms with van der Waals surface area (Å²) in [5.41, 5.74) is -1.59. The second-order valence-electron chi connectivity index (χ2n) is 15.9. The van der Waals surface area contributed by atoms with Gasteiger partial charge in [0, 0.05) is 43.2 Å². The van der Waals surface area contributed by atoms with Gasteiger partial charge in [0.25, 0.3) is 0 Å². The van der Waals surface area contributed by atoms with Gasteiger partial charge < -0.3 is 29.3 Å². The molecule has 1 spiro atoms. The zero-order valence-electron chi connectivity index (χ0n) is 30.8. The molecule has 13 heteroatoms. The van der Waals surface area contributed by atoms with Crippen molar-refractivity contribution in [2.45, 2.75) is 123 Å². The van der Waals surface area contributed by atoms with Gasteiger partial charge in [0.15, 0.2) is 17.2 Å². The van der Waals surface area contributed by atoms with Gasteiger partial charge >= 0.3 is 6.09 Å². The molecule has 12 nitrogen and oxygen atoms in total. The first-order valence-corrected chi connectivity index (χ1v) is 17.8. The van der Waals surface area contributed by atoms with Crippen molar-refractivity contribution in [3.63, 3.8) is 0 Å². The number of nitrogens with zero attached hydrogens (tertiary/aromatic N) is 2. The zero-order chi connectivity index (χ0) is 37.2. The fourth-order valence-electron chi connectivity index (χ4n) is 6.62. The molecule has 1 N–H and O–H groups in total. The minimum absolute atomic E-state index is 0.0168. The van der Waals surface area contributed by atoms with Crippen LogP contribution >= 0.6 is 11.6 Å². The maximum absolute atomic E-state index is 14.5. The molecule has 1 saturated carbocycles. The molecule has 1 aromatic rings. The van der Waals surface area contributed by atoms with E-state index in [4.69, 9.17) is 30.6 Å². The van der Waals surface area contributed by atoms with Crippen molar-refractivity contribution in [2.75, 3.05) is 20.8 Å². The summed E-state index contributed by atoms with van der Waals surface area (Å²) in [6, 6.07) is 1.24. The van der Waals surface area contributed by atoms with E-state index in [1.165, 1.54) is 19.1 Å². The lowest BCUT2D eigenvalue weighted by molar-refractivity contribution is -0.143. The summed E-state index contributed by atoms with van der Waals surface area (Å²) < 4.78 is 16.4. The predicted octanol–water partition coefficient (Wildman–Crippen LogP) is 6.07. The van der Waals surface area contributed by atoms with Gasteiger partial charge in [-0.05, 0) is 57.4 Å². The van der Waals surface area contributed by atoms with Crippen molar-refractivity contribution in [3.8, 4) is 11.5 Å². The number of hydrogen-bond donors (Lipinski definition) is 1. The Bertz CT molecular complexity index is 1520. The number of alkyl carbamates (subject to hydrolysis) is 1. The third-order valence-corrected chi connectivity index (χ3v) is 9.65. The summed E-state index contributed by atoms with van der Waals surface area (Å²) in [7, 11) is 3.01. The number of carbonyl (C=O) groups is 5. The Kier molecular flexibility index (Phi) is 12.0. The van der Waals surface area contributed by atoms with Gasteiger partial charge in [0.1, 0.15) is 23.1 Å². The minimum Gasteiger partial charge on any atom is -0.496 e. The summed E-state index contributed by atoms with van der Waals surface area (Å²) in [5, 5.41) is 7.47. The van der Waals surface area contributed by atoms with Crippen molar-refractivity contribution < 1.29 is 43.0 Å². The summed E-state index contributed by atoms with van der Waals surface area (Å²) in [6.07, 6.45) is 2.40. The Hall–Kier alpha value is -3.67. The normalized spacial score (nSPS) is 21.6. The molecule has 1 saturated heterocycles. The van der Waals surface area contributed by atoms with Crippen molar-refractivity contribution in [1.29, 1.82) is 0 Å². The molecule has 1 aromatic carbocycles. The summed E-state index contributed by atoms with van der Waals surface area (Å²) in [4.78, 5) is 75.5. The molecule has 1 aliphatic carbocycles. The highest BCUT2D eigenvalue weighted by atomic mass is 35.5. The van der Waals surface area contributed by atoms with E-state index < -0.39 is 58.2 Å². The topological polar surface area (TPSA) is 150 Å². The van der Waals surface area contributed by atoms with E-state index in [9.17, 15) is 24.0 Å². The standard InChI is InChI=1S/C37H52ClN3O9/c1-10-11-22(31(44)28(43)14-21-12-13-21)15-27(42)26-19-37(18-25(40-50-37)23-16-24(38)30(48-9)17-29(23)47-8)20-41(26)33(45)32(35(2,3)4)39-34(46)49-36(5,6)7/h16-17,21-22,26,32H,10-15,18-20H2,1-9H3,(H,39,46)/t22-,26+,32-,37-/m1/s1. The lowest BCUT2D eigenvalue weighted by atomic mass is 9.84. The maximum Gasteiger partial charge on any atom is 0.408 e. The molecule has 0 radical (unpaired) electrons. The van der Waals surface area contributed by atoms with Crippen LogP contribution in [0, 0.1) is 17.3 Å². The van der Waals surface area contributed by atoms with E-state index in [-0.39, 0.29) is 43.9 Å². The number of Topliss-reactive ketones (excluding diaryl/α,β-unsaturated/α-hetero) is 3. The van der Waals surface area contributed by atoms with E-state index in [0.29, 0.717) is 40.6 Å². The van der Waals surface area contributed by atoms with Crippen LogP contribution in [0.1, 0.15) is 105 Å². The molecular weight excluding hydrogens is 666 g/mol. The highest BCUT2D eigenvalue weighted by Crippen LogP contribution is 2.43. The van der Waals surface area contributed by atoms with Gasteiger partial charge in [-0.15, -0.1) is 0 Å². The summed E-state index contributed by atoms with van der Waals surface area (Å²) in [5.74, 6) is -1.48. The Morgan fingerprint density at radius 2 is 1.72 bits per heavy atom. The molecule has 2 amide bonds. The van der Waals surface area contributed by atoms with Crippen molar-refractivity contribution in [1.82, 2.24) is 10.2 Å². The van der Waals surface area contributed by atoms with E-state index in [1.807, 2.05) is 27.7 Å². The molecule has 3 aliphatic rings. The third-order valence-electron chi connectivity index (χ3n) is 9.35. The SMILES string of the molecule is CCC[C@H](CC(=O)[C@@H]1C[C@]2(CC(c3cc(Cl)c(OC)cc3OC)=NO2)CN1C(=O)[C@@H](NC(=O)OC(C)(C)C)C(C)(C)C)C(=O)C(=O)CC1CC1. The van der Waals surface area contributed by atoms with Gasteiger partial charge in [0.05, 0.1) is 37.5 Å². The average Bonchev–Trinajstić information content (AvgIpc) is 3.62. The number of ether oxygens (including phenoxy) is 3. The number of benzene rings is 1. The number of oxime groups is 1. The Balaban J connectivity index is 1.66. The van der Waals surface area contributed by atoms with Crippen LogP contribution in [-0.2, 0) is 28.8 Å². The second kappa shape index (κ2) is 15.3. The number of hydrogen-bond acceptors (Lipinski definition) is 10. The van der Waals surface area contributed by atoms with Crippen LogP contribution in [0.4, 0.5) is 4.79 Å². The molecule has 2 fully saturated rings. The highest BCUT2D eigenvalue weighted by molar-refractivity contribution is 6.38. The van der Waals surface area contributed by atoms with Crippen LogP contribution in [0.15, 0.2) is 17.3 Å². The average molecular weight is 718 g/mol. The summed E-state index contributed by atoms with van der Waals surface area (Å²) in [6.45, 7) is 12.5. The predicted molar refractivity (Wildman–Crippen MR) is 188 cm³/mol. The van der Waals surface area contributed by atoms with Crippen molar-refractivity contribution >= 4 is 46.7 Å². The second-order valence-corrected chi connectivity index (χ2v) is 16.3. The Labute approximate surface area is 299 Å². The van der Waals surface area contributed by atoms with Crippen LogP contribution in [0.25, 0.3) is 0 Å². The summed E-state index contributed by atoms with van der Waals surface area (Å²) >= 11 is 6.46. The fourth-order valence-corrected chi connectivity index (χ4v) is 6.86. The molecule has 4 atom stereocenters. The minimum atomic E-state index is -1.09. The van der Waals surface area contributed by atoms with Crippen LogP contribution in [0.3, 0.4) is 0 Å². The van der Waals surface area contributed by atoms with Crippen molar-refractivity contribution in [3.05, 3.63) is 22.7 Å². The number of carbonyl (C=O) groups excluding carboxylic acids is 5. The van der Waals surface area contributed by atoms with Gasteiger partial charge in [-0.2, -0.15) is 0 Å². The maximum atomic E-state index is 14.5. The Morgan fingerprint density at radius 1 is 1.06 bits per heavy atom. The molecular formula is C37H52ClN3O9. The van der Waals surface area contributed by atoms with Crippen LogP contribution in [0.5, 0.6) is 11.5 Å². The first-order chi connectivity index (χ1) is 23.3. The van der Waals surface area contributed by atoms with E-state index in [1.54, 1.807) is 32.9 Å². The van der Waals surface area contributed by atoms with Crippen molar-refractivity contribution in [2.24, 2.45) is 22.4 Å². The van der Waals surface area contributed by atoms with Crippen LogP contribution in [0.2, 0.25) is 5.02 Å². The molecule has 276 valence electrons. The number of rotatable bonds is 14. The van der Waals surface area contributed by atoms with E-state index in [2.05, 4.69) is 10.5 Å². The molecule has 50 heavy (non-hydrogen) atoms. The number of methoxy groups -OCH3 is 2. The molecule has 2 aliphatic heterocycles. The number of halogens is 1. The van der Waals surface area contributed by atoms with Gasteiger partial charge in [-0.3, -0.25) is 19.2 Å². The van der Waals surface area contributed by atoms with Gasteiger partial charge in [0.2, 0.25) is 11.7 Å². The zero-order valence-corrected chi connectivity index (χ0v) is 31.5. The molecule has 0 unspecified atom stereocenters. The number of ketones is 3. The van der Waals surface area contributed by atoms with Gasteiger partial charge in [-0.1, -0.05) is 50.9 Å². The molecule has 4 rings (SSSR count). The lowest BCUT2D eigenvalue weighted by Gasteiger charge is -2.36. The smallest absolute Gasteiger partial charge is 0.408 e. The first-order valence-electron chi connectivity index (χ1n) is 17.4. The Morgan fingerprint density at radius 3 is 2.28 bits per heavy atom. The molecule has 0 bridgehead atoms. The van der Waals surface area contributed by atoms with Crippen LogP contribution in [-0.4, -0.2) is 84.0 Å². The fraction of sp³-hybridized carbons (Fsp3) is 0.676. The number of nitrogens with one attached hydrogen (secondary N) is 1. The van der Waals surface area contributed by atoms with E-state index in [0.717, 1.165) is 12.8 Å². The third kappa shape index (κ3) is 9.35.